The van der Waals surface area contributed by atoms with Crippen LogP contribution in [-0.2, 0) is 11.2 Å². The topological polar surface area (TPSA) is 81.1 Å². The molecule has 114 valence electrons. The second-order valence-corrected chi connectivity index (χ2v) is 6.20. The van der Waals surface area contributed by atoms with Gasteiger partial charge in [0.1, 0.15) is 17.5 Å². The molecule has 0 spiro atoms. The van der Waals surface area contributed by atoms with E-state index in [0.717, 1.165) is 11.1 Å². The molecule has 0 atom stereocenters. The lowest BCUT2D eigenvalue weighted by Crippen LogP contribution is -2.33. The molecule has 7 heteroatoms. The molecule has 0 fully saturated rings. The van der Waals surface area contributed by atoms with Crippen molar-refractivity contribution in [1.29, 1.82) is 0 Å². The average Bonchev–Trinajstić information content (AvgIpc) is 2.69. The Labute approximate surface area is 127 Å². The van der Waals surface area contributed by atoms with Crippen LogP contribution in [0.5, 0.6) is 0 Å². The maximum Gasteiger partial charge on any atom is 0.407 e. The molecule has 2 aromatic rings. The van der Waals surface area contributed by atoms with Gasteiger partial charge in [-0.1, -0.05) is 11.6 Å². The van der Waals surface area contributed by atoms with Crippen LogP contribution in [0.25, 0.3) is 11.0 Å². The second-order valence-electron chi connectivity index (χ2n) is 5.76. The van der Waals surface area contributed by atoms with Gasteiger partial charge in [-0.15, -0.1) is 0 Å². The van der Waals surface area contributed by atoms with Crippen LogP contribution in [0.15, 0.2) is 18.3 Å². The number of carbonyl (C=O) groups excluding carboxylic acids is 1. The Hall–Kier alpha value is -1.95. The average molecular weight is 312 g/mol. The van der Waals surface area contributed by atoms with E-state index >= 15 is 0 Å². The van der Waals surface area contributed by atoms with Crippen molar-refractivity contribution in [2.75, 3.05) is 6.54 Å². The SMILES string of the molecule is CC(C)(C)OC(=O)NCCc1cc2cc(Cl)c[n+]([O-])c2[nH]1. The van der Waals surface area contributed by atoms with Gasteiger partial charge in [0.15, 0.2) is 0 Å². The summed E-state index contributed by atoms with van der Waals surface area (Å²) in [5, 5.41) is 15.5. The van der Waals surface area contributed by atoms with Gasteiger partial charge in [-0.3, -0.25) is 0 Å². The number of nitrogens with zero attached hydrogens (tertiary/aromatic N) is 1. The Kier molecular flexibility index (Phi) is 4.27. The van der Waals surface area contributed by atoms with Crippen molar-refractivity contribution in [3.8, 4) is 0 Å². The summed E-state index contributed by atoms with van der Waals surface area (Å²) in [5.41, 5.74) is 0.773. The fraction of sp³-hybridized carbons (Fsp3) is 0.429. The first-order chi connectivity index (χ1) is 9.74. The number of aromatic nitrogens is 2. The predicted octanol–water partition coefficient (Wildman–Crippen LogP) is 2.52. The molecular weight excluding hydrogens is 294 g/mol. The molecule has 2 aromatic heterocycles. The van der Waals surface area contributed by atoms with Crippen molar-refractivity contribution in [3.63, 3.8) is 0 Å². The van der Waals surface area contributed by atoms with E-state index in [-0.39, 0.29) is 0 Å². The van der Waals surface area contributed by atoms with Gasteiger partial charge in [0.25, 0.3) is 5.65 Å². The second kappa shape index (κ2) is 5.81. The van der Waals surface area contributed by atoms with E-state index in [4.69, 9.17) is 16.3 Å². The minimum absolute atomic E-state index is 0.384. The van der Waals surface area contributed by atoms with Gasteiger partial charge < -0.3 is 15.3 Å². The maximum atomic E-state index is 11.7. The number of carbonyl (C=O) groups is 1. The monoisotopic (exact) mass is 311 g/mol. The van der Waals surface area contributed by atoms with Gasteiger partial charge in [-0.25, -0.2) is 14.5 Å². The summed E-state index contributed by atoms with van der Waals surface area (Å²) in [6.07, 6.45) is 1.40. The highest BCUT2D eigenvalue weighted by molar-refractivity contribution is 6.30. The Bertz CT molecular complexity index is 661. The van der Waals surface area contributed by atoms with Crippen LogP contribution in [-0.4, -0.2) is 23.2 Å². The third kappa shape index (κ3) is 4.26. The number of rotatable bonds is 3. The summed E-state index contributed by atoms with van der Waals surface area (Å²) >= 11 is 5.83. The van der Waals surface area contributed by atoms with E-state index in [2.05, 4.69) is 10.3 Å². The molecule has 0 aliphatic carbocycles. The van der Waals surface area contributed by atoms with Crippen LogP contribution in [0.1, 0.15) is 26.5 Å². The fourth-order valence-corrected chi connectivity index (χ4v) is 2.13. The maximum absolute atomic E-state index is 11.7. The van der Waals surface area contributed by atoms with Gasteiger partial charge >= 0.3 is 6.09 Å². The van der Waals surface area contributed by atoms with Gasteiger partial charge in [0, 0.05) is 13.0 Å². The van der Waals surface area contributed by atoms with Crippen molar-refractivity contribution in [1.82, 2.24) is 10.3 Å². The standard InChI is InChI=1S/C14H18ClN3O3/c1-14(2,3)21-13(19)16-5-4-11-7-9-6-10(15)8-18(20)12(9)17-11/h6-8,17H,4-5H2,1-3H3,(H,16,19). The molecule has 0 bridgehead atoms. The summed E-state index contributed by atoms with van der Waals surface area (Å²) in [4.78, 5) is 14.5. The Balaban J connectivity index is 1.95. The molecule has 21 heavy (non-hydrogen) atoms. The first-order valence-electron chi connectivity index (χ1n) is 6.62. The Morgan fingerprint density at radius 1 is 1.48 bits per heavy atom. The van der Waals surface area contributed by atoms with E-state index < -0.39 is 11.7 Å². The summed E-state index contributed by atoms with van der Waals surface area (Å²) in [6, 6.07) is 3.55. The van der Waals surface area contributed by atoms with Crippen LogP contribution in [0, 0.1) is 5.21 Å². The molecule has 6 nitrogen and oxygen atoms in total. The van der Waals surface area contributed by atoms with Crippen molar-refractivity contribution in [2.24, 2.45) is 0 Å². The third-order valence-electron chi connectivity index (χ3n) is 2.70. The summed E-state index contributed by atoms with van der Waals surface area (Å²) in [6.45, 7) is 5.83. The summed E-state index contributed by atoms with van der Waals surface area (Å²) < 4.78 is 5.83. The van der Waals surface area contributed by atoms with Crippen molar-refractivity contribution < 1.29 is 14.3 Å². The fourth-order valence-electron chi connectivity index (χ4n) is 1.92. The molecule has 0 aliphatic rings. The van der Waals surface area contributed by atoms with Crippen LogP contribution >= 0.6 is 11.6 Å². The van der Waals surface area contributed by atoms with E-state index in [1.807, 2.05) is 6.07 Å². The summed E-state index contributed by atoms with van der Waals surface area (Å²) in [5.74, 6) is 0. The van der Waals surface area contributed by atoms with Crippen molar-refractivity contribution >= 4 is 28.7 Å². The molecular formula is C14H18ClN3O3. The van der Waals surface area contributed by atoms with Crippen LogP contribution in [0.4, 0.5) is 4.79 Å². The molecule has 0 unspecified atom stereocenters. The van der Waals surface area contributed by atoms with Gasteiger partial charge in [0.05, 0.1) is 10.4 Å². The molecule has 0 aliphatic heterocycles. The van der Waals surface area contributed by atoms with E-state index in [1.165, 1.54) is 6.20 Å². The molecule has 0 radical (unpaired) electrons. The number of halogens is 1. The number of hydrogen-bond acceptors (Lipinski definition) is 3. The first kappa shape index (κ1) is 15.4. The number of aromatic amines is 1. The molecule has 2 N–H and O–H groups in total. The lowest BCUT2D eigenvalue weighted by atomic mass is 10.2. The normalized spacial score (nSPS) is 11.6. The third-order valence-corrected chi connectivity index (χ3v) is 2.91. The number of H-pyrrole nitrogens is 1. The van der Waals surface area contributed by atoms with Gasteiger partial charge in [-0.05, 0) is 32.9 Å². The molecule has 2 heterocycles. The number of fused-ring (bicyclic) bond motifs is 1. The molecule has 0 saturated carbocycles. The number of hydrogen-bond donors (Lipinski definition) is 2. The number of amides is 1. The number of pyridine rings is 1. The zero-order chi connectivity index (χ0) is 15.6. The first-order valence-corrected chi connectivity index (χ1v) is 6.99. The number of ether oxygens (including phenoxy) is 1. The predicted molar refractivity (Wildman–Crippen MR) is 80.2 cm³/mol. The lowest BCUT2D eigenvalue weighted by molar-refractivity contribution is -0.578. The number of alkyl carbamates (subject to hydrolysis) is 1. The van der Waals surface area contributed by atoms with Gasteiger partial charge in [0.2, 0.25) is 0 Å². The van der Waals surface area contributed by atoms with Crippen molar-refractivity contribution in [2.45, 2.75) is 32.8 Å². The Morgan fingerprint density at radius 3 is 2.86 bits per heavy atom. The highest BCUT2D eigenvalue weighted by Gasteiger charge is 2.16. The Morgan fingerprint density at radius 2 is 2.19 bits per heavy atom. The van der Waals surface area contributed by atoms with E-state index in [0.29, 0.717) is 28.4 Å². The van der Waals surface area contributed by atoms with Crippen LogP contribution < -0.4 is 10.0 Å². The zero-order valence-corrected chi connectivity index (χ0v) is 13.0. The zero-order valence-electron chi connectivity index (χ0n) is 12.2. The van der Waals surface area contributed by atoms with Crippen LogP contribution in [0.2, 0.25) is 5.02 Å². The number of nitrogens with one attached hydrogen (secondary N) is 2. The highest BCUT2D eigenvalue weighted by Crippen LogP contribution is 2.16. The lowest BCUT2D eigenvalue weighted by Gasteiger charge is -2.19. The van der Waals surface area contributed by atoms with Gasteiger partial charge in [-0.2, -0.15) is 0 Å². The largest absolute Gasteiger partial charge is 0.711 e. The molecule has 1 amide bonds. The summed E-state index contributed by atoms with van der Waals surface area (Å²) in [7, 11) is 0. The van der Waals surface area contributed by atoms with Crippen LogP contribution in [0.3, 0.4) is 0 Å². The minimum Gasteiger partial charge on any atom is -0.711 e. The van der Waals surface area contributed by atoms with Crippen molar-refractivity contribution in [3.05, 3.63) is 34.3 Å². The minimum atomic E-state index is -0.518. The molecule has 0 aromatic carbocycles. The quantitative estimate of drug-likeness (QED) is 0.675. The molecule has 0 saturated heterocycles. The molecule has 2 rings (SSSR count). The highest BCUT2D eigenvalue weighted by atomic mass is 35.5. The van der Waals surface area contributed by atoms with E-state index in [1.54, 1.807) is 26.8 Å². The van der Waals surface area contributed by atoms with E-state index in [9.17, 15) is 10.0 Å². The smallest absolute Gasteiger partial charge is 0.407 e.